The molecule has 1 aromatic rings. The summed E-state index contributed by atoms with van der Waals surface area (Å²) in [5.41, 5.74) is 1.13. The van der Waals surface area contributed by atoms with Crippen LogP contribution in [0.5, 0.6) is 0 Å². The zero-order chi connectivity index (χ0) is 29.3. The highest BCUT2D eigenvalue weighted by molar-refractivity contribution is 8.00. The van der Waals surface area contributed by atoms with E-state index < -0.39 is 18.5 Å². The van der Waals surface area contributed by atoms with Gasteiger partial charge in [-0.05, 0) is 93.6 Å². The maximum atomic E-state index is 12.7. The monoisotopic (exact) mass is 582 g/mol. The lowest BCUT2D eigenvalue weighted by molar-refractivity contribution is -0.245. The molecule has 1 aromatic carbocycles. The Labute approximate surface area is 250 Å². The Hall–Kier alpha value is -1.18. The minimum atomic E-state index is -0.513. The molecule has 2 N–H and O–H groups in total. The van der Waals surface area contributed by atoms with Crippen LogP contribution < -0.4 is 0 Å². The van der Waals surface area contributed by atoms with Crippen molar-refractivity contribution < 1.29 is 24.5 Å². The van der Waals surface area contributed by atoms with Crippen molar-refractivity contribution in [3.63, 3.8) is 0 Å². The van der Waals surface area contributed by atoms with Crippen molar-refractivity contribution in [3.05, 3.63) is 42.0 Å². The average molecular weight is 583 g/mol. The van der Waals surface area contributed by atoms with E-state index in [0.717, 1.165) is 49.8 Å². The van der Waals surface area contributed by atoms with E-state index >= 15 is 0 Å². The van der Waals surface area contributed by atoms with Crippen LogP contribution in [0.1, 0.15) is 86.5 Å². The predicted molar refractivity (Wildman–Crippen MR) is 162 cm³/mol. The van der Waals surface area contributed by atoms with Crippen LogP contribution >= 0.6 is 11.8 Å². The quantitative estimate of drug-likeness (QED) is 0.372. The van der Waals surface area contributed by atoms with Gasteiger partial charge < -0.3 is 19.7 Å². The van der Waals surface area contributed by atoms with E-state index in [9.17, 15) is 15.0 Å². The molecule has 4 fully saturated rings. The Balaban J connectivity index is 1.21. The van der Waals surface area contributed by atoms with Gasteiger partial charge >= 0.3 is 0 Å². The van der Waals surface area contributed by atoms with Crippen molar-refractivity contribution in [2.45, 2.75) is 127 Å². The lowest BCUT2D eigenvalue weighted by Crippen LogP contribution is -2.61. The number of hydrogen-bond donors (Lipinski definition) is 2. The normalized spacial score (nSPS) is 49.4. The third-order valence-electron chi connectivity index (χ3n) is 13.0. The number of rotatable bonds is 5. The van der Waals surface area contributed by atoms with Gasteiger partial charge in [0.1, 0.15) is 5.78 Å². The van der Waals surface area contributed by atoms with E-state index in [1.165, 1.54) is 5.57 Å². The Morgan fingerprint density at radius 3 is 2.49 bits per heavy atom. The number of fused-ring (bicyclic) bond motifs is 5. The summed E-state index contributed by atoms with van der Waals surface area (Å²) in [4.78, 5) is 13.8. The number of ether oxygens (including phenoxy) is 2. The van der Waals surface area contributed by atoms with Crippen LogP contribution in [0, 0.1) is 39.9 Å². The van der Waals surface area contributed by atoms with Crippen molar-refractivity contribution in [1.82, 2.24) is 0 Å². The van der Waals surface area contributed by atoms with Crippen LogP contribution in [0.25, 0.3) is 0 Å². The molecular formula is C35H50O5S. The zero-order valence-corrected chi connectivity index (χ0v) is 26.5. The maximum absolute atomic E-state index is 12.7. The smallest absolute Gasteiger partial charge is 0.172 e. The van der Waals surface area contributed by atoms with Gasteiger partial charge in [-0.25, -0.2) is 0 Å². The highest BCUT2D eigenvalue weighted by Crippen LogP contribution is 2.71. The van der Waals surface area contributed by atoms with E-state index in [4.69, 9.17) is 9.47 Å². The highest BCUT2D eigenvalue weighted by Gasteiger charge is 2.68. The van der Waals surface area contributed by atoms with E-state index in [0.29, 0.717) is 11.8 Å². The number of aliphatic hydroxyl groups is 2. The number of thioether (sulfide) groups is 1. The molecule has 4 aliphatic carbocycles. The van der Waals surface area contributed by atoms with Gasteiger partial charge in [0.15, 0.2) is 6.29 Å². The van der Waals surface area contributed by atoms with Gasteiger partial charge in [0, 0.05) is 22.1 Å². The summed E-state index contributed by atoms with van der Waals surface area (Å²) in [6.45, 7) is 12.8. The summed E-state index contributed by atoms with van der Waals surface area (Å²) < 4.78 is 13.2. The van der Waals surface area contributed by atoms with Crippen molar-refractivity contribution >= 4 is 17.5 Å². The number of allylic oxidation sites excluding steroid dienone is 1. The summed E-state index contributed by atoms with van der Waals surface area (Å²) in [6.07, 6.45) is 7.61. The number of hydrogen-bond acceptors (Lipinski definition) is 6. The summed E-state index contributed by atoms with van der Waals surface area (Å²) in [6, 6.07) is 10.2. The van der Waals surface area contributed by atoms with E-state index in [-0.39, 0.29) is 51.3 Å². The van der Waals surface area contributed by atoms with Gasteiger partial charge in [-0.1, -0.05) is 57.5 Å². The number of Topliss-reactive ketones (excluding diaryl/α,β-unsaturated/α-hetero) is 1. The first kappa shape index (κ1) is 29.9. The first-order valence-corrected chi connectivity index (χ1v) is 16.9. The molecule has 0 spiro atoms. The largest absolute Gasteiger partial charge is 0.393 e. The molecule has 1 aliphatic heterocycles. The maximum Gasteiger partial charge on any atom is 0.172 e. The van der Waals surface area contributed by atoms with Crippen LogP contribution in [0.2, 0.25) is 0 Å². The molecule has 0 radical (unpaired) electrons. The van der Waals surface area contributed by atoms with Crippen molar-refractivity contribution in [2.24, 2.45) is 39.9 Å². The molecule has 1 heterocycles. The van der Waals surface area contributed by atoms with Crippen LogP contribution in [0.15, 0.2) is 46.9 Å². The lowest BCUT2D eigenvalue weighted by atomic mass is 9.41. The van der Waals surface area contributed by atoms with E-state index in [1.807, 2.05) is 25.1 Å². The van der Waals surface area contributed by atoms with E-state index in [1.54, 1.807) is 18.7 Å². The fourth-order valence-corrected chi connectivity index (χ4v) is 11.3. The number of ketones is 1. The van der Waals surface area contributed by atoms with Crippen molar-refractivity contribution in [2.75, 3.05) is 0 Å². The topological polar surface area (TPSA) is 76.0 Å². The molecule has 226 valence electrons. The Bertz CT molecular complexity index is 1170. The molecule has 0 amide bonds. The van der Waals surface area contributed by atoms with Crippen molar-refractivity contribution in [1.29, 1.82) is 0 Å². The molecule has 6 heteroatoms. The Morgan fingerprint density at radius 1 is 1.05 bits per heavy atom. The van der Waals surface area contributed by atoms with Gasteiger partial charge in [0.25, 0.3) is 0 Å². The third kappa shape index (κ3) is 4.61. The van der Waals surface area contributed by atoms with Crippen LogP contribution in [-0.2, 0) is 14.3 Å². The van der Waals surface area contributed by atoms with E-state index in [2.05, 4.69) is 45.9 Å². The standard InChI is InChI=1S/C35H50O5S/c1-20-22(3)39-32(31(30(20)38)41-25-10-8-7-9-11-25)40-24-14-16-33(4)23(18-24)12-13-27-28(33)19-29(37)35(6)26(21(2)36)15-17-34(27,35)5/h7-12,20,22,24,26-32,37-38H,13-19H2,1-6H3/t20?,22?,24?,26?,27?,28?,29?,30?,31?,32?,33-,34+,35-/m0/s1. The second kappa shape index (κ2) is 10.8. The molecule has 10 unspecified atom stereocenters. The van der Waals surface area contributed by atoms with Crippen molar-refractivity contribution in [3.8, 4) is 0 Å². The molecule has 0 aromatic heterocycles. The number of carbonyl (C=O) groups is 1. The molecular weight excluding hydrogens is 532 g/mol. The molecule has 3 saturated carbocycles. The minimum Gasteiger partial charge on any atom is -0.393 e. The molecule has 5 nitrogen and oxygen atoms in total. The van der Waals surface area contributed by atoms with Gasteiger partial charge in [-0.2, -0.15) is 0 Å². The lowest BCUT2D eigenvalue weighted by Gasteiger charge is -2.64. The first-order valence-electron chi connectivity index (χ1n) is 16.0. The summed E-state index contributed by atoms with van der Waals surface area (Å²) >= 11 is 1.66. The molecule has 1 saturated heterocycles. The van der Waals surface area contributed by atoms with Gasteiger partial charge in [-0.3, -0.25) is 4.79 Å². The van der Waals surface area contributed by atoms with Crippen LogP contribution in [0.4, 0.5) is 0 Å². The fourth-order valence-electron chi connectivity index (χ4n) is 10.0. The number of aliphatic hydroxyl groups excluding tert-OH is 2. The molecule has 0 bridgehead atoms. The molecule has 13 atom stereocenters. The van der Waals surface area contributed by atoms with Crippen LogP contribution in [-0.4, -0.2) is 52.0 Å². The van der Waals surface area contributed by atoms with Gasteiger partial charge in [0.05, 0.1) is 29.7 Å². The zero-order valence-electron chi connectivity index (χ0n) is 25.7. The molecule has 5 aliphatic rings. The number of carbonyl (C=O) groups excluding carboxylic acids is 1. The second-order valence-corrected chi connectivity index (χ2v) is 16.0. The van der Waals surface area contributed by atoms with Gasteiger partial charge in [0.2, 0.25) is 0 Å². The highest BCUT2D eigenvalue weighted by atomic mass is 32.2. The predicted octanol–water partition coefficient (Wildman–Crippen LogP) is 6.80. The first-order chi connectivity index (χ1) is 19.4. The minimum absolute atomic E-state index is 0.0339. The molecule has 41 heavy (non-hydrogen) atoms. The second-order valence-electron chi connectivity index (χ2n) is 14.7. The Morgan fingerprint density at radius 2 is 1.78 bits per heavy atom. The fraction of sp³-hybridized carbons (Fsp3) is 0.743. The summed E-state index contributed by atoms with van der Waals surface area (Å²) in [5, 5.41) is 22.8. The Kier molecular flexibility index (Phi) is 7.84. The van der Waals surface area contributed by atoms with Gasteiger partial charge in [-0.15, -0.1) is 11.8 Å². The molecule has 6 rings (SSSR count). The van der Waals surface area contributed by atoms with Crippen LogP contribution in [0.3, 0.4) is 0 Å². The SMILES string of the molecule is CC(=O)C1CC[C@]2(C)C3CC=C4CC(OC5OC(C)C(C)C(O)C5Sc5ccccc5)CC[C@]4(C)C3CC(O)[C@]12C. The summed E-state index contributed by atoms with van der Waals surface area (Å²) in [5.74, 6) is 1.14. The summed E-state index contributed by atoms with van der Waals surface area (Å²) in [7, 11) is 0. The third-order valence-corrected chi connectivity index (χ3v) is 14.4. The number of benzene rings is 1. The average Bonchev–Trinajstić information content (AvgIpc) is 3.23.